The molecule has 1 fully saturated rings. The minimum Gasteiger partial charge on any atom is -0.335 e. The lowest BCUT2D eigenvalue weighted by Gasteiger charge is -2.32. The second-order valence-electron chi connectivity index (χ2n) is 6.18. The standard InChI is InChI=1S/C17H17ClF3N5O/c1-25-6-8-26(9-7-25)15(27)14-4-5-22-16(24-14)23-11-2-3-13(18)12(10-11)17(19,20)21/h2-5,10H,6-9H2,1H3,(H,22,23,24). The normalized spacial score (nSPS) is 15.7. The molecule has 0 aliphatic carbocycles. The molecule has 0 unspecified atom stereocenters. The molecule has 1 saturated heterocycles. The molecule has 2 heterocycles. The van der Waals surface area contributed by atoms with Crippen molar-refractivity contribution in [2.24, 2.45) is 0 Å². The van der Waals surface area contributed by atoms with Crippen molar-refractivity contribution in [2.45, 2.75) is 6.18 Å². The predicted molar refractivity (Wildman–Crippen MR) is 95.2 cm³/mol. The quantitative estimate of drug-likeness (QED) is 0.858. The molecular weight excluding hydrogens is 383 g/mol. The zero-order valence-corrected chi connectivity index (χ0v) is 15.2. The number of carbonyl (C=O) groups is 1. The van der Waals surface area contributed by atoms with Crippen molar-refractivity contribution in [1.82, 2.24) is 19.8 Å². The number of benzene rings is 1. The highest BCUT2D eigenvalue weighted by Crippen LogP contribution is 2.36. The molecule has 0 spiro atoms. The number of carbonyl (C=O) groups excluding carboxylic acids is 1. The van der Waals surface area contributed by atoms with Gasteiger partial charge in [-0.05, 0) is 31.3 Å². The van der Waals surface area contributed by atoms with Crippen LogP contribution in [0.1, 0.15) is 16.1 Å². The first-order chi connectivity index (χ1) is 12.7. The molecule has 27 heavy (non-hydrogen) atoms. The first-order valence-electron chi connectivity index (χ1n) is 8.18. The van der Waals surface area contributed by atoms with E-state index in [-0.39, 0.29) is 23.2 Å². The highest BCUT2D eigenvalue weighted by atomic mass is 35.5. The van der Waals surface area contributed by atoms with Crippen molar-refractivity contribution in [3.8, 4) is 0 Å². The van der Waals surface area contributed by atoms with E-state index in [1.54, 1.807) is 4.90 Å². The molecule has 0 saturated carbocycles. The van der Waals surface area contributed by atoms with E-state index >= 15 is 0 Å². The van der Waals surface area contributed by atoms with E-state index in [2.05, 4.69) is 20.2 Å². The summed E-state index contributed by atoms with van der Waals surface area (Å²) in [6, 6.07) is 4.89. The average Bonchev–Trinajstić information content (AvgIpc) is 2.63. The molecule has 1 amide bonds. The lowest BCUT2D eigenvalue weighted by molar-refractivity contribution is -0.137. The number of alkyl halides is 3. The second-order valence-corrected chi connectivity index (χ2v) is 6.59. The van der Waals surface area contributed by atoms with Crippen LogP contribution in [0.4, 0.5) is 24.8 Å². The lowest BCUT2D eigenvalue weighted by atomic mass is 10.2. The van der Waals surface area contributed by atoms with Crippen LogP contribution in [0.3, 0.4) is 0 Å². The molecule has 3 rings (SSSR count). The van der Waals surface area contributed by atoms with Crippen LogP contribution in [0.5, 0.6) is 0 Å². The van der Waals surface area contributed by atoms with Gasteiger partial charge in [0.1, 0.15) is 5.69 Å². The molecule has 6 nitrogen and oxygen atoms in total. The highest BCUT2D eigenvalue weighted by molar-refractivity contribution is 6.31. The molecule has 1 aliphatic heterocycles. The van der Waals surface area contributed by atoms with Crippen LogP contribution in [0.15, 0.2) is 30.5 Å². The third kappa shape index (κ3) is 4.67. The number of piperazine rings is 1. The fraction of sp³-hybridized carbons (Fsp3) is 0.353. The van der Waals surface area contributed by atoms with Crippen LogP contribution < -0.4 is 5.32 Å². The minimum atomic E-state index is -4.57. The van der Waals surface area contributed by atoms with E-state index in [0.29, 0.717) is 13.1 Å². The van der Waals surface area contributed by atoms with E-state index in [9.17, 15) is 18.0 Å². The van der Waals surface area contributed by atoms with Gasteiger partial charge in [-0.2, -0.15) is 13.2 Å². The Kier molecular flexibility index (Phi) is 5.52. The van der Waals surface area contributed by atoms with E-state index in [1.165, 1.54) is 18.3 Å². The van der Waals surface area contributed by atoms with Gasteiger partial charge in [0.15, 0.2) is 0 Å². The van der Waals surface area contributed by atoms with Crippen molar-refractivity contribution < 1.29 is 18.0 Å². The average molecular weight is 400 g/mol. The van der Waals surface area contributed by atoms with Gasteiger partial charge in [0.05, 0.1) is 10.6 Å². The van der Waals surface area contributed by atoms with Gasteiger partial charge in [-0.3, -0.25) is 4.79 Å². The fourth-order valence-corrected chi connectivity index (χ4v) is 2.88. The number of hydrogen-bond acceptors (Lipinski definition) is 5. The highest BCUT2D eigenvalue weighted by Gasteiger charge is 2.33. The van der Waals surface area contributed by atoms with Gasteiger partial charge in [-0.15, -0.1) is 0 Å². The van der Waals surface area contributed by atoms with Gasteiger partial charge >= 0.3 is 6.18 Å². The number of nitrogens with one attached hydrogen (secondary N) is 1. The molecule has 0 atom stereocenters. The monoisotopic (exact) mass is 399 g/mol. The topological polar surface area (TPSA) is 61.4 Å². The molecule has 1 N–H and O–H groups in total. The zero-order valence-electron chi connectivity index (χ0n) is 14.4. The van der Waals surface area contributed by atoms with Crippen molar-refractivity contribution in [2.75, 3.05) is 38.5 Å². The van der Waals surface area contributed by atoms with Crippen LogP contribution in [0.2, 0.25) is 5.02 Å². The fourth-order valence-electron chi connectivity index (χ4n) is 2.66. The van der Waals surface area contributed by atoms with E-state index in [4.69, 9.17) is 11.6 Å². The molecule has 144 valence electrons. The van der Waals surface area contributed by atoms with Gasteiger partial charge in [0.2, 0.25) is 5.95 Å². The van der Waals surface area contributed by atoms with Gasteiger partial charge in [-0.1, -0.05) is 11.6 Å². The Hall–Kier alpha value is -2.39. The van der Waals surface area contributed by atoms with Gasteiger partial charge in [0, 0.05) is 38.1 Å². The largest absolute Gasteiger partial charge is 0.417 e. The first kappa shape index (κ1) is 19.4. The van der Waals surface area contributed by atoms with Gasteiger partial charge in [0.25, 0.3) is 5.91 Å². The molecule has 2 aromatic rings. The van der Waals surface area contributed by atoms with Crippen molar-refractivity contribution >= 4 is 29.1 Å². The Labute approximate surface area is 159 Å². The molecule has 0 radical (unpaired) electrons. The lowest BCUT2D eigenvalue weighted by Crippen LogP contribution is -2.47. The molecule has 1 aliphatic rings. The molecule has 0 bridgehead atoms. The smallest absolute Gasteiger partial charge is 0.335 e. The number of aromatic nitrogens is 2. The third-order valence-electron chi connectivity index (χ3n) is 4.19. The first-order valence-corrected chi connectivity index (χ1v) is 8.56. The summed E-state index contributed by atoms with van der Waals surface area (Å²) in [5.74, 6) is -0.203. The summed E-state index contributed by atoms with van der Waals surface area (Å²) in [5.41, 5.74) is -0.656. The summed E-state index contributed by atoms with van der Waals surface area (Å²) in [7, 11) is 1.98. The van der Waals surface area contributed by atoms with Crippen molar-refractivity contribution in [3.63, 3.8) is 0 Å². The van der Waals surface area contributed by atoms with Crippen molar-refractivity contribution in [1.29, 1.82) is 0 Å². The van der Waals surface area contributed by atoms with E-state index < -0.39 is 16.8 Å². The maximum Gasteiger partial charge on any atom is 0.417 e. The SMILES string of the molecule is CN1CCN(C(=O)c2ccnc(Nc3ccc(Cl)c(C(F)(F)F)c3)n2)CC1. The third-order valence-corrected chi connectivity index (χ3v) is 4.52. The van der Waals surface area contributed by atoms with Crippen LogP contribution in [-0.4, -0.2) is 58.9 Å². The summed E-state index contributed by atoms with van der Waals surface area (Å²) < 4.78 is 38.9. The van der Waals surface area contributed by atoms with Crippen LogP contribution in [0, 0.1) is 0 Å². The second kappa shape index (κ2) is 7.69. The Morgan fingerprint density at radius 2 is 1.89 bits per heavy atom. The van der Waals surface area contributed by atoms with E-state index in [0.717, 1.165) is 25.2 Å². The van der Waals surface area contributed by atoms with E-state index in [1.807, 2.05) is 7.05 Å². The predicted octanol–water partition coefficient (Wildman–Crippen LogP) is 3.28. The maximum absolute atomic E-state index is 13.0. The number of rotatable bonds is 3. The Bertz CT molecular complexity index is 838. The maximum atomic E-state index is 13.0. The number of amides is 1. The Morgan fingerprint density at radius 3 is 2.56 bits per heavy atom. The number of likely N-dealkylation sites (N-methyl/N-ethyl adjacent to an activating group) is 1. The molecule has 1 aromatic heterocycles. The minimum absolute atomic E-state index is 0.0328. The van der Waals surface area contributed by atoms with Crippen LogP contribution in [-0.2, 0) is 6.18 Å². The van der Waals surface area contributed by atoms with Gasteiger partial charge < -0.3 is 15.1 Å². The zero-order chi connectivity index (χ0) is 19.6. The summed E-state index contributed by atoms with van der Waals surface area (Å²) in [5, 5.41) is 2.29. The number of anilines is 2. The van der Waals surface area contributed by atoms with Crippen molar-refractivity contribution in [3.05, 3.63) is 46.7 Å². The summed E-state index contributed by atoms with van der Waals surface area (Å²) >= 11 is 5.61. The molecule has 10 heteroatoms. The van der Waals surface area contributed by atoms with Gasteiger partial charge in [-0.25, -0.2) is 9.97 Å². The van der Waals surface area contributed by atoms with Crippen LogP contribution >= 0.6 is 11.6 Å². The number of nitrogens with zero attached hydrogens (tertiary/aromatic N) is 4. The number of hydrogen-bond donors (Lipinski definition) is 1. The Morgan fingerprint density at radius 1 is 1.19 bits per heavy atom. The Balaban J connectivity index is 1.77. The molecular formula is C17H17ClF3N5O. The van der Waals surface area contributed by atoms with Crippen LogP contribution in [0.25, 0.3) is 0 Å². The summed E-state index contributed by atoms with van der Waals surface area (Å²) in [6.45, 7) is 2.72. The summed E-state index contributed by atoms with van der Waals surface area (Å²) in [4.78, 5) is 24.5. The summed E-state index contributed by atoms with van der Waals surface area (Å²) in [6.07, 6.45) is -3.19. The number of halogens is 4. The molecule has 1 aromatic carbocycles.